The molecular formula is C31H39ClN4O2. The van der Waals surface area contributed by atoms with Crippen LogP contribution in [0.3, 0.4) is 0 Å². The average Bonchev–Trinajstić information content (AvgIpc) is 3.12. The van der Waals surface area contributed by atoms with Crippen molar-refractivity contribution in [2.24, 2.45) is 5.92 Å². The van der Waals surface area contributed by atoms with Crippen LogP contribution in [0.25, 0.3) is 11.6 Å². The summed E-state index contributed by atoms with van der Waals surface area (Å²) in [7, 11) is 2.11. The monoisotopic (exact) mass is 534 g/mol. The Labute approximate surface area is 231 Å². The molecule has 202 valence electrons. The van der Waals surface area contributed by atoms with Crippen molar-refractivity contribution in [1.82, 2.24) is 19.7 Å². The van der Waals surface area contributed by atoms with Gasteiger partial charge in [-0.1, -0.05) is 23.7 Å². The summed E-state index contributed by atoms with van der Waals surface area (Å²) in [5.41, 5.74) is 5.61. The lowest BCUT2D eigenvalue weighted by Crippen LogP contribution is -2.42. The van der Waals surface area contributed by atoms with E-state index in [0.717, 1.165) is 36.5 Å². The lowest BCUT2D eigenvalue weighted by Gasteiger charge is -2.37. The van der Waals surface area contributed by atoms with Crippen LogP contribution >= 0.6 is 11.6 Å². The molecular weight excluding hydrogens is 496 g/mol. The molecule has 0 radical (unpaired) electrons. The molecule has 38 heavy (non-hydrogen) atoms. The van der Waals surface area contributed by atoms with Crippen LogP contribution in [-0.4, -0.2) is 64.2 Å². The molecule has 0 spiro atoms. The number of likely N-dealkylation sites (tertiary alicyclic amines) is 1. The van der Waals surface area contributed by atoms with Gasteiger partial charge in [0.1, 0.15) is 5.60 Å². The number of hydrogen-bond donors (Lipinski definition) is 0. The molecule has 5 rings (SSSR count). The first-order valence-corrected chi connectivity index (χ1v) is 14.1. The number of rotatable bonds is 4. The summed E-state index contributed by atoms with van der Waals surface area (Å²) in [5.74, 6) is 0.509. The van der Waals surface area contributed by atoms with E-state index in [-0.39, 0.29) is 12.0 Å². The van der Waals surface area contributed by atoms with E-state index in [1.54, 1.807) is 0 Å². The van der Waals surface area contributed by atoms with Crippen molar-refractivity contribution in [3.8, 4) is 0 Å². The molecule has 6 nitrogen and oxygen atoms in total. The molecule has 2 aromatic rings. The van der Waals surface area contributed by atoms with Crippen LogP contribution < -0.4 is 0 Å². The second-order valence-corrected chi connectivity index (χ2v) is 12.2. The zero-order chi connectivity index (χ0) is 27.0. The van der Waals surface area contributed by atoms with E-state index in [2.05, 4.69) is 60.4 Å². The minimum Gasteiger partial charge on any atom is -0.444 e. The highest BCUT2D eigenvalue weighted by Gasteiger charge is 2.36. The van der Waals surface area contributed by atoms with E-state index in [1.807, 2.05) is 44.0 Å². The molecule has 2 atom stereocenters. The number of piperidine rings is 1. The highest BCUT2D eigenvalue weighted by molar-refractivity contribution is 6.30. The van der Waals surface area contributed by atoms with Crippen molar-refractivity contribution in [1.29, 1.82) is 0 Å². The van der Waals surface area contributed by atoms with Gasteiger partial charge in [0.25, 0.3) is 0 Å². The van der Waals surface area contributed by atoms with Crippen LogP contribution in [-0.2, 0) is 4.74 Å². The molecule has 0 saturated carbocycles. The lowest BCUT2D eigenvalue weighted by atomic mass is 9.76. The Morgan fingerprint density at radius 1 is 1.16 bits per heavy atom. The van der Waals surface area contributed by atoms with E-state index in [0.29, 0.717) is 25.2 Å². The Hall–Kier alpha value is -2.99. The van der Waals surface area contributed by atoms with Crippen LogP contribution in [0.1, 0.15) is 75.3 Å². The van der Waals surface area contributed by atoms with E-state index >= 15 is 0 Å². The number of carbonyl (C=O) groups is 1. The van der Waals surface area contributed by atoms with Crippen molar-refractivity contribution in [3.63, 3.8) is 0 Å². The SMILES string of the molecule is CC1N(C)C=CN1CCC1=Cc2cccnc2C(C2CCN(C(=O)OC(C)(C)C)CC2)c2ccc(Cl)cc21. The highest BCUT2D eigenvalue weighted by atomic mass is 35.5. The average molecular weight is 535 g/mol. The Morgan fingerprint density at radius 2 is 1.92 bits per heavy atom. The van der Waals surface area contributed by atoms with Gasteiger partial charge < -0.3 is 19.4 Å². The number of pyridine rings is 1. The van der Waals surface area contributed by atoms with Gasteiger partial charge in [-0.3, -0.25) is 4.98 Å². The third kappa shape index (κ3) is 5.56. The van der Waals surface area contributed by atoms with Gasteiger partial charge in [-0.05, 0) is 99.4 Å². The molecule has 1 fully saturated rings. The number of ether oxygens (including phenoxy) is 1. The number of carbonyl (C=O) groups excluding carboxylic acids is 1. The zero-order valence-corrected chi connectivity index (χ0v) is 23.9. The van der Waals surface area contributed by atoms with Gasteiger partial charge in [0.15, 0.2) is 0 Å². The number of aromatic nitrogens is 1. The molecule has 1 aliphatic carbocycles. The van der Waals surface area contributed by atoms with Gasteiger partial charge in [0.05, 0.1) is 11.9 Å². The highest BCUT2D eigenvalue weighted by Crippen LogP contribution is 2.45. The topological polar surface area (TPSA) is 48.9 Å². The van der Waals surface area contributed by atoms with Gasteiger partial charge >= 0.3 is 6.09 Å². The van der Waals surface area contributed by atoms with E-state index in [9.17, 15) is 4.79 Å². The molecule has 1 aromatic heterocycles. The van der Waals surface area contributed by atoms with Gasteiger partial charge in [-0.15, -0.1) is 0 Å². The van der Waals surface area contributed by atoms with Crippen molar-refractivity contribution in [2.75, 3.05) is 26.7 Å². The summed E-state index contributed by atoms with van der Waals surface area (Å²) in [6.07, 6.45) is 11.4. The molecule has 1 amide bonds. The molecule has 0 bridgehead atoms. The molecule has 0 N–H and O–H groups in total. The number of halogens is 1. The van der Waals surface area contributed by atoms with Gasteiger partial charge in [0.2, 0.25) is 0 Å². The number of amides is 1. The second-order valence-electron chi connectivity index (χ2n) is 11.7. The van der Waals surface area contributed by atoms with Crippen molar-refractivity contribution in [3.05, 3.63) is 76.3 Å². The fraction of sp³-hybridized carbons (Fsp3) is 0.484. The fourth-order valence-electron chi connectivity index (χ4n) is 5.91. The maximum atomic E-state index is 12.7. The van der Waals surface area contributed by atoms with Crippen molar-refractivity contribution >= 4 is 29.3 Å². The largest absolute Gasteiger partial charge is 0.444 e. The molecule has 2 unspecified atom stereocenters. The molecule has 3 aliphatic rings. The number of nitrogens with zero attached hydrogens (tertiary/aromatic N) is 4. The van der Waals surface area contributed by atoms with Crippen molar-refractivity contribution in [2.45, 2.75) is 64.6 Å². The van der Waals surface area contributed by atoms with Crippen LogP contribution in [0.2, 0.25) is 5.02 Å². The fourth-order valence-corrected chi connectivity index (χ4v) is 6.09. The van der Waals surface area contributed by atoms with E-state index in [4.69, 9.17) is 21.3 Å². The zero-order valence-electron chi connectivity index (χ0n) is 23.2. The summed E-state index contributed by atoms with van der Waals surface area (Å²) >= 11 is 6.59. The molecule has 1 aromatic carbocycles. The first-order valence-electron chi connectivity index (χ1n) is 13.7. The van der Waals surface area contributed by atoms with Crippen LogP contribution in [0.5, 0.6) is 0 Å². The summed E-state index contributed by atoms with van der Waals surface area (Å²) in [4.78, 5) is 24.1. The Kier molecular flexibility index (Phi) is 7.45. The summed E-state index contributed by atoms with van der Waals surface area (Å²) < 4.78 is 5.64. The second kappa shape index (κ2) is 10.6. The Balaban J connectivity index is 1.44. The molecule has 2 aliphatic heterocycles. The summed E-state index contributed by atoms with van der Waals surface area (Å²) in [6, 6.07) is 10.6. The van der Waals surface area contributed by atoms with Crippen LogP contribution in [0.15, 0.2) is 48.9 Å². The smallest absolute Gasteiger partial charge is 0.410 e. The third-order valence-electron chi connectivity index (χ3n) is 8.06. The minimum absolute atomic E-state index is 0.143. The molecule has 7 heteroatoms. The number of benzene rings is 1. The standard InChI is InChI=1S/C31H39ClN4O2/c1-21-34(5)17-18-35(21)14-12-23-19-24-7-6-13-33-29(24)28(26-9-8-25(32)20-27(23)26)22-10-15-36(16-11-22)30(37)38-31(2,3)4/h6-9,13,17-22,28H,10-12,14-16H2,1-5H3. The van der Waals surface area contributed by atoms with Crippen LogP contribution in [0, 0.1) is 5.92 Å². The molecule has 3 heterocycles. The Bertz CT molecular complexity index is 1240. The number of fused-ring (bicyclic) bond motifs is 2. The summed E-state index contributed by atoms with van der Waals surface area (Å²) in [6.45, 7) is 10.3. The van der Waals surface area contributed by atoms with Crippen LogP contribution in [0.4, 0.5) is 4.79 Å². The third-order valence-corrected chi connectivity index (χ3v) is 8.29. The first kappa shape index (κ1) is 26.6. The lowest BCUT2D eigenvalue weighted by molar-refractivity contribution is 0.0178. The summed E-state index contributed by atoms with van der Waals surface area (Å²) in [5, 5.41) is 0.751. The van der Waals surface area contributed by atoms with Gasteiger partial charge in [-0.25, -0.2) is 4.79 Å². The minimum atomic E-state index is -0.490. The number of hydrogen-bond acceptors (Lipinski definition) is 5. The predicted molar refractivity (Wildman–Crippen MR) is 154 cm³/mol. The first-order chi connectivity index (χ1) is 18.1. The normalized spacial score (nSPS) is 21.6. The van der Waals surface area contributed by atoms with E-state index in [1.165, 1.54) is 22.3 Å². The van der Waals surface area contributed by atoms with Gasteiger partial charge in [0, 0.05) is 56.2 Å². The Morgan fingerprint density at radius 3 is 2.61 bits per heavy atom. The van der Waals surface area contributed by atoms with Crippen molar-refractivity contribution < 1.29 is 9.53 Å². The van der Waals surface area contributed by atoms with E-state index < -0.39 is 5.60 Å². The predicted octanol–water partition coefficient (Wildman–Crippen LogP) is 6.82. The quantitative estimate of drug-likeness (QED) is 0.430. The maximum absolute atomic E-state index is 12.7. The van der Waals surface area contributed by atoms with Gasteiger partial charge in [-0.2, -0.15) is 0 Å². The maximum Gasteiger partial charge on any atom is 0.410 e. The molecule has 1 saturated heterocycles.